The van der Waals surface area contributed by atoms with Gasteiger partial charge in [0.25, 0.3) is 5.88 Å². The largest absolute Gasteiger partial charge is 0.478 e. The second-order valence-corrected chi connectivity index (χ2v) is 4.05. The number of aryl methyl sites for hydroxylation is 1. The molecule has 1 heterocycles. The number of halogens is 1. The molecule has 0 aliphatic heterocycles. The molecule has 0 radical (unpaired) electrons. The van der Waals surface area contributed by atoms with Crippen molar-refractivity contribution in [3.05, 3.63) is 11.5 Å². The van der Waals surface area contributed by atoms with Gasteiger partial charge in [-0.3, -0.25) is 4.68 Å². The zero-order valence-corrected chi connectivity index (χ0v) is 8.68. The van der Waals surface area contributed by atoms with Crippen LogP contribution in [0, 0.1) is 5.82 Å². The summed E-state index contributed by atoms with van der Waals surface area (Å²) in [6, 6.07) is 0. The Hall–Kier alpha value is -1.06. The first-order chi connectivity index (χ1) is 5.88. The predicted octanol–water partition coefficient (Wildman–Crippen LogP) is 1.87. The second kappa shape index (κ2) is 3.01. The summed E-state index contributed by atoms with van der Waals surface area (Å²) in [5.74, 6) is -0.301. The fraction of sp³-hybridized carbons (Fsp3) is 0.667. The molecule has 0 fully saturated rings. The smallest absolute Gasteiger partial charge is 0.269 e. The van der Waals surface area contributed by atoms with Crippen LogP contribution in [-0.2, 0) is 12.5 Å². The molecule has 0 spiro atoms. The summed E-state index contributed by atoms with van der Waals surface area (Å²) >= 11 is 0. The van der Waals surface area contributed by atoms with E-state index in [4.69, 9.17) is 4.74 Å². The standard InChI is InChI=1S/C9H15FN2O/c1-9(2,3)7-6(10)8(13-5)11-12(7)4/h1-5H3. The molecule has 1 aromatic rings. The third kappa shape index (κ3) is 1.66. The zero-order valence-electron chi connectivity index (χ0n) is 8.68. The van der Waals surface area contributed by atoms with Gasteiger partial charge in [0.1, 0.15) is 0 Å². The zero-order chi connectivity index (χ0) is 10.2. The van der Waals surface area contributed by atoms with Crippen molar-refractivity contribution in [1.82, 2.24) is 9.78 Å². The van der Waals surface area contributed by atoms with Crippen LogP contribution in [0.15, 0.2) is 0 Å². The molecule has 0 unspecified atom stereocenters. The molecule has 3 nitrogen and oxygen atoms in total. The van der Waals surface area contributed by atoms with Crippen LogP contribution in [0.5, 0.6) is 5.88 Å². The summed E-state index contributed by atoms with van der Waals surface area (Å²) in [5, 5.41) is 3.91. The molecule has 13 heavy (non-hydrogen) atoms. The first-order valence-electron chi connectivity index (χ1n) is 4.15. The number of hydrogen-bond acceptors (Lipinski definition) is 2. The van der Waals surface area contributed by atoms with Crippen LogP contribution in [-0.4, -0.2) is 16.9 Å². The Kier molecular flexibility index (Phi) is 2.32. The second-order valence-electron chi connectivity index (χ2n) is 4.05. The van der Waals surface area contributed by atoms with E-state index in [1.165, 1.54) is 11.8 Å². The highest BCUT2D eigenvalue weighted by atomic mass is 19.1. The van der Waals surface area contributed by atoms with Crippen molar-refractivity contribution in [1.29, 1.82) is 0 Å². The lowest BCUT2D eigenvalue weighted by atomic mass is 9.92. The summed E-state index contributed by atoms with van der Waals surface area (Å²) in [5.41, 5.74) is 0.298. The minimum absolute atomic E-state index is 0.0624. The number of hydrogen-bond donors (Lipinski definition) is 0. The summed E-state index contributed by atoms with van der Waals surface area (Å²) < 4.78 is 19.9. The Balaban J connectivity index is 3.29. The molecule has 0 bridgehead atoms. The summed E-state index contributed by atoms with van der Waals surface area (Å²) in [6.07, 6.45) is 0. The predicted molar refractivity (Wildman–Crippen MR) is 48.4 cm³/mol. The Morgan fingerprint density at radius 2 is 1.92 bits per heavy atom. The minimum atomic E-state index is -0.363. The van der Waals surface area contributed by atoms with Gasteiger partial charge in [-0.05, 0) is 0 Å². The van der Waals surface area contributed by atoms with E-state index in [-0.39, 0.29) is 17.1 Å². The highest BCUT2D eigenvalue weighted by Crippen LogP contribution is 2.29. The van der Waals surface area contributed by atoms with Gasteiger partial charge in [-0.2, -0.15) is 4.39 Å². The van der Waals surface area contributed by atoms with E-state index in [1.807, 2.05) is 20.8 Å². The van der Waals surface area contributed by atoms with Crippen LogP contribution < -0.4 is 4.74 Å². The SMILES string of the molecule is COc1nn(C)c(C(C)(C)C)c1F. The molecule has 1 rings (SSSR count). The number of ether oxygens (including phenoxy) is 1. The topological polar surface area (TPSA) is 27.1 Å². The first-order valence-corrected chi connectivity index (χ1v) is 4.15. The third-order valence-corrected chi connectivity index (χ3v) is 1.86. The summed E-state index contributed by atoms with van der Waals surface area (Å²) in [6.45, 7) is 5.81. The fourth-order valence-corrected chi connectivity index (χ4v) is 1.42. The molecule has 0 saturated carbocycles. The average Bonchev–Trinajstić information content (AvgIpc) is 2.24. The lowest BCUT2D eigenvalue weighted by molar-refractivity contribution is 0.368. The van der Waals surface area contributed by atoms with Crippen LogP contribution >= 0.6 is 0 Å². The van der Waals surface area contributed by atoms with Gasteiger partial charge in [-0.1, -0.05) is 20.8 Å². The number of aromatic nitrogens is 2. The number of nitrogens with zero attached hydrogens (tertiary/aromatic N) is 2. The van der Waals surface area contributed by atoms with Gasteiger partial charge in [0.2, 0.25) is 5.82 Å². The Morgan fingerprint density at radius 3 is 2.15 bits per heavy atom. The van der Waals surface area contributed by atoms with Crippen LogP contribution in [0.4, 0.5) is 4.39 Å². The van der Waals surface area contributed by atoms with E-state index in [9.17, 15) is 4.39 Å². The van der Waals surface area contributed by atoms with Crippen LogP contribution in [0.1, 0.15) is 26.5 Å². The van der Waals surface area contributed by atoms with Crippen molar-refractivity contribution >= 4 is 0 Å². The fourth-order valence-electron chi connectivity index (χ4n) is 1.42. The monoisotopic (exact) mass is 186 g/mol. The number of methoxy groups -OCH3 is 1. The highest BCUT2D eigenvalue weighted by Gasteiger charge is 2.26. The lowest BCUT2D eigenvalue weighted by Crippen LogP contribution is -2.18. The van der Waals surface area contributed by atoms with E-state index in [1.54, 1.807) is 7.05 Å². The molecule has 0 aliphatic carbocycles. The maximum atomic E-state index is 13.6. The molecule has 0 atom stereocenters. The van der Waals surface area contributed by atoms with Gasteiger partial charge < -0.3 is 4.74 Å². The highest BCUT2D eigenvalue weighted by molar-refractivity contribution is 5.24. The molecule has 0 N–H and O–H groups in total. The molecular weight excluding hydrogens is 171 g/mol. The molecule has 74 valence electrons. The van der Waals surface area contributed by atoms with E-state index in [0.29, 0.717) is 5.69 Å². The average molecular weight is 186 g/mol. The van der Waals surface area contributed by atoms with Crippen molar-refractivity contribution in [3.8, 4) is 5.88 Å². The Bertz CT molecular complexity index is 312. The normalized spacial score (nSPS) is 11.8. The van der Waals surface area contributed by atoms with E-state index < -0.39 is 0 Å². The van der Waals surface area contributed by atoms with Crippen LogP contribution in [0.3, 0.4) is 0 Å². The van der Waals surface area contributed by atoms with Gasteiger partial charge in [-0.15, -0.1) is 5.10 Å². The first kappa shape index (κ1) is 10.0. The van der Waals surface area contributed by atoms with Gasteiger partial charge in [0, 0.05) is 12.5 Å². The molecular formula is C9H15FN2O. The molecule has 1 aromatic heterocycles. The quantitative estimate of drug-likeness (QED) is 0.669. The Labute approximate surface area is 77.5 Å². The molecule has 0 aromatic carbocycles. The molecule has 0 saturated heterocycles. The van der Waals surface area contributed by atoms with Crippen LogP contribution in [0.2, 0.25) is 0 Å². The van der Waals surface area contributed by atoms with Gasteiger partial charge >= 0.3 is 0 Å². The van der Waals surface area contributed by atoms with Crippen molar-refractivity contribution < 1.29 is 9.13 Å². The molecule has 0 amide bonds. The lowest BCUT2D eigenvalue weighted by Gasteiger charge is -2.17. The summed E-state index contributed by atoms with van der Waals surface area (Å²) in [7, 11) is 3.13. The maximum absolute atomic E-state index is 13.6. The van der Waals surface area contributed by atoms with E-state index >= 15 is 0 Å². The maximum Gasteiger partial charge on any atom is 0.269 e. The molecule has 4 heteroatoms. The summed E-state index contributed by atoms with van der Waals surface area (Å²) in [4.78, 5) is 0. The van der Waals surface area contributed by atoms with Crippen molar-refractivity contribution in [2.45, 2.75) is 26.2 Å². The molecule has 0 aliphatic rings. The number of rotatable bonds is 1. The van der Waals surface area contributed by atoms with Crippen molar-refractivity contribution in [3.63, 3.8) is 0 Å². The van der Waals surface area contributed by atoms with Gasteiger partial charge in [0.05, 0.1) is 12.8 Å². The van der Waals surface area contributed by atoms with Crippen molar-refractivity contribution in [2.75, 3.05) is 7.11 Å². The van der Waals surface area contributed by atoms with Gasteiger partial charge in [-0.25, -0.2) is 0 Å². The van der Waals surface area contributed by atoms with Crippen LogP contribution in [0.25, 0.3) is 0 Å². The Morgan fingerprint density at radius 1 is 1.38 bits per heavy atom. The van der Waals surface area contributed by atoms with Crippen molar-refractivity contribution in [2.24, 2.45) is 7.05 Å². The minimum Gasteiger partial charge on any atom is -0.478 e. The third-order valence-electron chi connectivity index (χ3n) is 1.86. The van der Waals surface area contributed by atoms with Gasteiger partial charge in [0.15, 0.2) is 0 Å². The van der Waals surface area contributed by atoms with E-state index in [2.05, 4.69) is 5.10 Å². The van der Waals surface area contributed by atoms with E-state index in [0.717, 1.165) is 0 Å².